The van der Waals surface area contributed by atoms with Crippen molar-refractivity contribution in [3.8, 4) is 0 Å². The van der Waals surface area contributed by atoms with Crippen molar-refractivity contribution in [3.05, 3.63) is 36.2 Å². The summed E-state index contributed by atoms with van der Waals surface area (Å²) in [6.07, 6.45) is 5.35. The zero-order valence-corrected chi connectivity index (χ0v) is 12.0. The fraction of sp³-hybridized carbons (Fsp3) is 0.375. The molecule has 1 aromatic carbocycles. The number of hydrogen-bond acceptors (Lipinski definition) is 4. The molecule has 0 spiro atoms. The number of carbonyl (C=O) groups is 1. The lowest BCUT2D eigenvalue weighted by molar-refractivity contribution is -0.126. The number of para-hydroxylation sites is 2. The van der Waals surface area contributed by atoms with Gasteiger partial charge in [0.05, 0.1) is 6.10 Å². The second kappa shape index (κ2) is 6.10. The Morgan fingerprint density at radius 1 is 1.48 bits per heavy atom. The van der Waals surface area contributed by atoms with E-state index >= 15 is 0 Å². The lowest BCUT2D eigenvalue weighted by Crippen LogP contribution is -2.32. The maximum Gasteiger partial charge on any atom is 0.246 e. The molecular formula is C16H18N2O3. The van der Waals surface area contributed by atoms with Gasteiger partial charge in [-0.15, -0.1) is 0 Å². The van der Waals surface area contributed by atoms with Crippen molar-refractivity contribution in [3.63, 3.8) is 0 Å². The molecule has 1 aliphatic rings. The maximum absolute atomic E-state index is 12.0. The van der Waals surface area contributed by atoms with Gasteiger partial charge >= 0.3 is 0 Å². The molecular weight excluding hydrogens is 268 g/mol. The van der Waals surface area contributed by atoms with Crippen molar-refractivity contribution in [1.82, 2.24) is 9.88 Å². The Hall–Kier alpha value is -2.14. The van der Waals surface area contributed by atoms with Gasteiger partial charge in [-0.05, 0) is 25.0 Å². The third kappa shape index (κ3) is 3.31. The number of likely N-dealkylation sites (N-methyl/N-ethyl adjacent to an activating group) is 1. The van der Waals surface area contributed by atoms with Gasteiger partial charge in [0.25, 0.3) is 0 Å². The molecule has 2 heterocycles. The van der Waals surface area contributed by atoms with Crippen LogP contribution in [0.1, 0.15) is 18.7 Å². The molecule has 1 atom stereocenters. The number of rotatable bonds is 4. The number of carbonyl (C=O) groups excluding carboxylic acids is 1. The predicted molar refractivity (Wildman–Crippen MR) is 79.7 cm³/mol. The fourth-order valence-corrected chi connectivity index (χ4v) is 2.41. The van der Waals surface area contributed by atoms with Crippen molar-refractivity contribution in [2.45, 2.75) is 18.9 Å². The van der Waals surface area contributed by atoms with Crippen molar-refractivity contribution in [2.24, 2.45) is 0 Å². The van der Waals surface area contributed by atoms with Crippen molar-refractivity contribution in [2.75, 3.05) is 20.2 Å². The van der Waals surface area contributed by atoms with E-state index in [0.717, 1.165) is 30.5 Å². The fourth-order valence-electron chi connectivity index (χ4n) is 2.41. The second-order valence-electron chi connectivity index (χ2n) is 5.21. The van der Waals surface area contributed by atoms with Gasteiger partial charge in [-0.2, -0.15) is 0 Å². The number of fused-ring (bicyclic) bond motifs is 1. The van der Waals surface area contributed by atoms with Gasteiger partial charge in [-0.3, -0.25) is 4.79 Å². The van der Waals surface area contributed by atoms with Crippen molar-refractivity contribution < 1.29 is 13.9 Å². The molecule has 0 radical (unpaired) electrons. The first-order chi connectivity index (χ1) is 10.2. The average molecular weight is 286 g/mol. The molecule has 0 unspecified atom stereocenters. The molecule has 110 valence electrons. The lowest BCUT2D eigenvalue weighted by atomic mass is 10.2. The summed E-state index contributed by atoms with van der Waals surface area (Å²) in [6.45, 7) is 1.42. The van der Waals surface area contributed by atoms with Crippen LogP contribution < -0.4 is 0 Å². The number of aromatic nitrogens is 1. The van der Waals surface area contributed by atoms with E-state index in [1.165, 1.54) is 6.08 Å². The first-order valence-corrected chi connectivity index (χ1v) is 7.13. The molecule has 3 rings (SSSR count). The molecule has 1 aliphatic heterocycles. The molecule has 0 aliphatic carbocycles. The van der Waals surface area contributed by atoms with Gasteiger partial charge in [0.1, 0.15) is 5.52 Å². The van der Waals surface area contributed by atoms with E-state index in [1.807, 2.05) is 24.3 Å². The largest absolute Gasteiger partial charge is 0.437 e. The van der Waals surface area contributed by atoms with Gasteiger partial charge in [-0.25, -0.2) is 4.98 Å². The molecule has 1 aromatic heterocycles. The maximum atomic E-state index is 12.0. The van der Waals surface area contributed by atoms with Crippen LogP contribution in [0.25, 0.3) is 17.2 Å². The second-order valence-corrected chi connectivity index (χ2v) is 5.21. The Morgan fingerprint density at radius 3 is 3.10 bits per heavy atom. The lowest BCUT2D eigenvalue weighted by Gasteiger charge is -2.19. The van der Waals surface area contributed by atoms with Crippen LogP contribution >= 0.6 is 0 Å². The van der Waals surface area contributed by atoms with E-state index in [2.05, 4.69) is 4.98 Å². The molecule has 5 heteroatoms. The SMILES string of the molecule is CN(C[C@@H]1CCCO1)C(=O)/C=C\c1nc2ccccc2o1. The highest BCUT2D eigenvalue weighted by Gasteiger charge is 2.19. The van der Waals surface area contributed by atoms with Gasteiger partial charge in [0.2, 0.25) is 11.8 Å². The first-order valence-electron chi connectivity index (χ1n) is 7.13. The number of nitrogens with zero attached hydrogens (tertiary/aromatic N) is 2. The van der Waals surface area contributed by atoms with E-state index in [0.29, 0.717) is 12.4 Å². The molecule has 5 nitrogen and oxygen atoms in total. The molecule has 1 saturated heterocycles. The number of hydrogen-bond donors (Lipinski definition) is 0. The Labute approximate surface area is 123 Å². The molecule has 2 aromatic rings. The summed E-state index contributed by atoms with van der Waals surface area (Å²) in [7, 11) is 1.78. The zero-order chi connectivity index (χ0) is 14.7. The summed E-state index contributed by atoms with van der Waals surface area (Å²) in [5.41, 5.74) is 1.51. The van der Waals surface area contributed by atoms with E-state index in [4.69, 9.17) is 9.15 Å². The third-order valence-corrected chi connectivity index (χ3v) is 3.56. The van der Waals surface area contributed by atoms with Crippen LogP contribution in [0.2, 0.25) is 0 Å². The predicted octanol–water partition coefficient (Wildman–Crippen LogP) is 2.48. The van der Waals surface area contributed by atoms with Gasteiger partial charge < -0.3 is 14.1 Å². The van der Waals surface area contributed by atoms with E-state index in [9.17, 15) is 4.79 Å². The highest BCUT2D eigenvalue weighted by molar-refractivity contribution is 5.91. The van der Waals surface area contributed by atoms with Crippen LogP contribution in [0.4, 0.5) is 0 Å². The number of ether oxygens (including phenoxy) is 1. The quantitative estimate of drug-likeness (QED) is 0.810. The average Bonchev–Trinajstić information content (AvgIpc) is 3.13. The monoisotopic (exact) mass is 286 g/mol. The third-order valence-electron chi connectivity index (χ3n) is 3.56. The molecule has 0 N–H and O–H groups in total. The Morgan fingerprint density at radius 2 is 2.33 bits per heavy atom. The normalized spacial score (nSPS) is 18.6. The molecule has 21 heavy (non-hydrogen) atoms. The van der Waals surface area contributed by atoms with Crippen LogP contribution in [0, 0.1) is 0 Å². The highest BCUT2D eigenvalue weighted by Crippen LogP contribution is 2.16. The summed E-state index contributed by atoms with van der Waals surface area (Å²) < 4.78 is 11.1. The van der Waals surface area contributed by atoms with Crippen LogP contribution in [-0.4, -0.2) is 42.1 Å². The van der Waals surface area contributed by atoms with Crippen molar-refractivity contribution >= 4 is 23.1 Å². The zero-order valence-electron chi connectivity index (χ0n) is 12.0. The van der Waals surface area contributed by atoms with E-state index < -0.39 is 0 Å². The first kappa shape index (κ1) is 13.8. The summed E-state index contributed by atoms with van der Waals surface area (Å²) >= 11 is 0. The summed E-state index contributed by atoms with van der Waals surface area (Å²) in [4.78, 5) is 18.0. The Bertz CT molecular complexity index is 623. The smallest absolute Gasteiger partial charge is 0.246 e. The molecule has 1 amide bonds. The summed E-state index contributed by atoms with van der Waals surface area (Å²) in [6, 6.07) is 7.52. The summed E-state index contributed by atoms with van der Waals surface area (Å²) in [5, 5.41) is 0. The standard InChI is InChI=1S/C16H18N2O3/c1-18(11-12-5-4-10-20-12)16(19)9-8-15-17-13-6-2-3-7-14(13)21-15/h2-3,6-9,12H,4-5,10-11H2,1H3/b9-8-/t12-/m0/s1. The van der Waals surface area contributed by atoms with Gasteiger partial charge in [0.15, 0.2) is 5.58 Å². The van der Waals surface area contributed by atoms with Crippen LogP contribution in [-0.2, 0) is 9.53 Å². The summed E-state index contributed by atoms with van der Waals surface area (Å²) in [5.74, 6) is 0.364. The van der Waals surface area contributed by atoms with Crippen molar-refractivity contribution in [1.29, 1.82) is 0 Å². The van der Waals surface area contributed by atoms with E-state index in [1.54, 1.807) is 18.0 Å². The number of oxazole rings is 1. The number of amides is 1. The molecule has 1 fully saturated rings. The molecule has 0 saturated carbocycles. The Balaban J connectivity index is 1.62. The number of benzene rings is 1. The minimum absolute atomic E-state index is 0.0762. The minimum atomic E-state index is -0.0762. The molecule has 0 bridgehead atoms. The van der Waals surface area contributed by atoms with Gasteiger partial charge in [-0.1, -0.05) is 12.1 Å². The highest BCUT2D eigenvalue weighted by atomic mass is 16.5. The minimum Gasteiger partial charge on any atom is -0.437 e. The van der Waals surface area contributed by atoms with Gasteiger partial charge in [0, 0.05) is 32.4 Å². The topological polar surface area (TPSA) is 55.6 Å². The van der Waals surface area contributed by atoms with E-state index in [-0.39, 0.29) is 12.0 Å². The Kier molecular flexibility index (Phi) is 4.01. The van der Waals surface area contributed by atoms with Crippen LogP contribution in [0.3, 0.4) is 0 Å². The van der Waals surface area contributed by atoms with Crippen LogP contribution in [0.5, 0.6) is 0 Å². The van der Waals surface area contributed by atoms with Crippen LogP contribution in [0.15, 0.2) is 34.8 Å².